The minimum absolute atomic E-state index is 0.0447. The van der Waals surface area contributed by atoms with Crippen molar-refractivity contribution in [3.63, 3.8) is 0 Å². The molecule has 7 heteroatoms. The van der Waals surface area contributed by atoms with Crippen LogP contribution in [0.25, 0.3) is 0 Å². The fourth-order valence-electron chi connectivity index (χ4n) is 1.73. The molecule has 0 saturated heterocycles. The number of nitrogens with two attached hydrogens (primary N) is 1. The maximum absolute atomic E-state index is 11.8. The van der Waals surface area contributed by atoms with Crippen molar-refractivity contribution < 1.29 is 17.9 Å². The van der Waals surface area contributed by atoms with Gasteiger partial charge in [0.15, 0.2) is 9.84 Å². The van der Waals surface area contributed by atoms with Crippen molar-refractivity contribution in [3.8, 4) is 0 Å². The monoisotopic (exact) mass is 314 g/mol. The first kappa shape index (κ1) is 17.6. The second-order valence-electron chi connectivity index (χ2n) is 4.66. The fourth-order valence-corrected chi connectivity index (χ4v) is 2.61. The summed E-state index contributed by atoms with van der Waals surface area (Å²) in [5, 5.41) is 2.67. The molecular weight excluding hydrogens is 292 g/mol. The number of methoxy groups -OCH3 is 1. The van der Waals surface area contributed by atoms with Gasteiger partial charge in [-0.2, -0.15) is 0 Å². The summed E-state index contributed by atoms with van der Waals surface area (Å²) >= 11 is 0. The normalized spacial score (nSPS) is 12.9. The summed E-state index contributed by atoms with van der Waals surface area (Å²) in [5.41, 5.74) is 6.29. The van der Waals surface area contributed by atoms with Crippen LogP contribution in [0.4, 0.5) is 5.69 Å². The van der Waals surface area contributed by atoms with E-state index in [1.165, 1.54) is 12.1 Å². The van der Waals surface area contributed by atoms with Crippen LogP contribution in [0, 0.1) is 0 Å². The molecule has 0 fully saturated rings. The van der Waals surface area contributed by atoms with E-state index in [4.69, 9.17) is 10.5 Å². The van der Waals surface area contributed by atoms with Crippen LogP contribution < -0.4 is 11.1 Å². The first-order valence-electron chi connectivity index (χ1n) is 6.79. The van der Waals surface area contributed by atoms with Crippen molar-refractivity contribution in [1.29, 1.82) is 0 Å². The molecule has 1 atom stereocenters. The minimum atomic E-state index is -3.23. The standard InChI is InChI=1S/C14H22N2O4S/c1-3-21(18,19)12-8-6-11(7-9-12)16-14(17)13(15)5-4-10-20-2/h6-9,13H,3-5,10,15H2,1-2H3,(H,16,17). The number of amides is 1. The Morgan fingerprint density at radius 1 is 1.33 bits per heavy atom. The van der Waals surface area contributed by atoms with Gasteiger partial charge >= 0.3 is 0 Å². The predicted octanol–water partition coefficient (Wildman–Crippen LogP) is 1.17. The van der Waals surface area contributed by atoms with Crippen LogP contribution in [-0.2, 0) is 19.4 Å². The Labute approximate surface area is 125 Å². The Morgan fingerprint density at radius 3 is 2.48 bits per heavy atom. The highest BCUT2D eigenvalue weighted by atomic mass is 32.2. The lowest BCUT2D eigenvalue weighted by atomic mass is 10.1. The van der Waals surface area contributed by atoms with E-state index >= 15 is 0 Å². The molecule has 0 aliphatic rings. The van der Waals surface area contributed by atoms with Crippen LogP contribution in [-0.4, -0.2) is 39.8 Å². The van der Waals surface area contributed by atoms with Gasteiger partial charge in [0.05, 0.1) is 16.7 Å². The molecule has 0 aromatic heterocycles. The average Bonchev–Trinajstić information content (AvgIpc) is 2.48. The molecule has 118 valence electrons. The summed E-state index contributed by atoms with van der Waals surface area (Å²) in [6.45, 7) is 2.15. The number of nitrogens with one attached hydrogen (secondary N) is 1. The zero-order chi connectivity index (χ0) is 15.9. The second-order valence-corrected chi connectivity index (χ2v) is 6.94. The van der Waals surface area contributed by atoms with Crippen molar-refractivity contribution in [1.82, 2.24) is 0 Å². The van der Waals surface area contributed by atoms with E-state index in [9.17, 15) is 13.2 Å². The zero-order valence-corrected chi connectivity index (χ0v) is 13.2. The summed E-state index contributed by atoms with van der Waals surface area (Å²) in [7, 11) is -1.63. The summed E-state index contributed by atoms with van der Waals surface area (Å²) < 4.78 is 28.2. The number of rotatable bonds is 8. The summed E-state index contributed by atoms with van der Waals surface area (Å²) in [6.07, 6.45) is 1.24. The van der Waals surface area contributed by atoms with Crippen molar-refractivity contribution in [2.45, 2.75) is 30.7 Å². The fraction of sp³-hybridized carbons (Fsp3) is 0.500. The van der Waals surface area contributed by atoms with Gasteiger partial charge in [-0.1, -0.05) is 6.92 Å². The Kier molecular flexibility index (Phi) is 6.80. The molecule has 1 rings (SSSR count). The number of sulfone groups is 1. The number of benzene rings is 1. The molecule has 21 heavy (non-hydrogen) atoms. The molecule has 0 aliphatic heterocycles. The lowest BCUT2D eigenvalue weighted by molar-refractivity contribution is -0.117. The lowest BCUT2D eigenvalue weighted by Gasteiger charge is -2.12. The first-order chi connectivity index (χ1) is 9.90. The quantitative estimate of drug-likeness (QED) is 0.702. The molecule has 0 aliphatic carbocycles. The van der Waals surface area contributed by atoms with Gasteiger partial charge in [0.1, 0.15) is 0 Å². The van der Waals surface area contributed by atoms with E-state index in [2.05, 4.69) is 5.32 Å². The van der Waals surface area contributed by atoms with Gasteiger partial charge in [0, 0.05) is 19.4 Å². The van der Waals surface area contributed by atoms with Gasteiger partial charge in [0.2, 0.25) is 5.91 Å². The highest BCUT2D eigenvalue weighted by Gasteiger charge is 2.14. The molecule has 0 bridgehead atoms. The molecule has 1 aromatic carbocycles. The van der Waals surface area contributed by atoms with Crippen LogP contribution in [0.1, 0.15) is 19.8 Å². The molecular formula is C14H22N2O4S. The molecule has 3 N–H and O–H groups in total. The molecule has 6 nitrogen and oxygen atoms in total. The zero-order valence-electron chi connectivity index (χ0n) is 12.3. The lowest BCUT2D eigenvalue weighted by Crippen LogP contribution is -2.35. The number of hydrogen-bond donors (Lipinski definition) is 2. The average molecular weight is 314 g/mol. The maximum atomic E-state index is 11.8. The minimum Gasteiger partial charge on any atom is -0.385 e. The van der Waals surface area contributed by atoms with Gasteiger partial charge in [-0.15, -0.1) is 0 Å². The highest BCUT2D eigenvalue weighted by molar-refractivity contribution is 7.91. The number of carbonyl (C=O) groups is 1. The highest BCUT2D eigenvalue weighted by Crippen LogP contribution is 2.15. The predicted molar refractivity (Wildman–Crippen MR) is 81.9 cm³/mol. The second kappa shape index (κ2) is 8.11. The Morgan fingerprint density at radius 2 is 1.95 bits per heavy atom. The van der Waals surface area contributed by atoms with Gasteiger partial charge < -0.3 is 15.8 Å². The molecule has 1 aromatic rings. The van der Waals surface area contributed by atoms with Crippen LogP contribution in [0.2, 0.25) is 0 Å². The molecule has 0 radical (unpaired) electrons. The van der Waals surface area contributed by atoms with E-state index in [1.807, 2.05) is 0 Å². The Balaban J connectivity index is 2.61. The van der Waals surface area contributed by atoms with Crippen LogP contribution in [0.5, 0.6) is 0 Å². The third-order valence-corrected chi connectivity index (χ3v) is 4.81. The topological polar surface area (TPSA) is 98.5 Å². The van der Waals surface area contributed by atoms with Crippen LogP contribution in [0.3, 0.4) is 0 Å². The largest absolute Gasteiger partial charge is 0.385 e. The number of carbonyl (C=O) groups excluding carboxylic acids is 1. The number of hydrogen-bond acceptors (Lipinski definition) is 5. The van der Waals surface area contributed by atoms with Gasteiger partial charge in [-0.3, -0.25) is 4.79 Å². The van der Waals surface area contributed by atoms with Crippen LogP contribution >= 0.6 is 0 Å². The molecule has 0 saturated carbocycles. The van der Waals surface area contributed by atoms with E-state index in [-0.39, 0.29) is 16.6 Å². The summed E-state index contributed by atoms with van der Waals surface area (Å²) in [6, 6.07) is 5.46. The summed E-state index contributed by atoms with van der Waals surface area (Å²) in [5.74, 6) is -0.250. The molecule has 1 unspecified atom stereocenters. The summed E-state index contributed by atoms with van der Waals surface area (Å²) in [4.78, 5) is 12.1. The number of ether oxygens (including phenoxy) is 1. The van der Waals surface area contributed by atoms with Gasteiger partial charge in [-0.05, 0) is 37.1 Å². The van der Waals surface area contributed by atoms with Crippen molar-refractivity contribution >= 4 is 21.4 Å². The van der Waals surface area contributed by atoms with Gasteiger partial charge in [-0.25, -0.2) is 8.42 Å². The molecule has 1 amide bonds. The maximum Gasteiger partial charge on any atom is 0.241 e. The smallest absolute Gasteiger partial charge is 0.241 e. The van der Waals surface area contributed by atoms with E-state index < -0.39 is 15.9 Å². The number of anilines is 1. The third kappa shape index (κ3) is 5.45. The van der Waals surface area contributed by atoms with Crippen LogP contribution in [0.15, 0.2) is 29.2 Å². The molecule has 0 heterocycles. The first-order valence-corrected chi connectivity index (χ1v) is 8.44. The molecule has 0 spiro atoms. The van der Waals surface area contributed by atoms with E-state index in [0.717, 1.165) is 0 Å². The van der Waals surface area contributed by atoms with E-state index in [0.29, 0.717) is 25.1 Å². The van der Waals surface area contributed by atoms with Crippen molar-refractivity contribution in [2.75, 3.05) is 24.8 Å². The Bertz CT molecular complexity index is 555. The SMILES string of the molecule is CCS(=O)(=O)c1ccc(NC(=O)C(N)CCCOC)cc1. The van der Waals surface area contributed by atoms with E-state index in [1.54, 1.807) is 26.2 Å². The van der Waals surface area contributed by atoms with Crippen molar-refractivity contribution in [3.05, 3.63) is 24.3 Å². The Hall–Kier alpha value is -1.44. The van der Waals surface area contributed by atoms with Gasteiger partial charge in [0.25, 0.3) is 0 Å². The van der Waals surface area contributed by atoms with Crippen molar-refractivity contribution in [2.24, 2.45) is 5.73 Å². The third-order valence-electron chi connectivity index (χ3n) is 3.06.